The standard InChI is InChI=1S/C19H19N5O5/c1-13-21-17(23-29-13)12-28-18(11-20-19(25)14-7-3-2-4-8-14)22-15-9-5-6-10-16(15)24(26)27/h2-10,18,22H,11-12H2,1H3,(H,20,25). The van der Waals surface area contributed by atoms with Crippen molar-refractivity contribution < 1.29 is 19.0 Å². The molecule has 2 aromatic carbocycles. The SMILES string of the molecule is Cc1nc(COC(CNC(=O)c2ccccc2)Nc2ccccc2[N+](=O)[O-])no1. The third kappa shape index (κ3) is 5.59. The zero-order valence-corrected chi connectivity index (χ0v) is 15.6. The van der Waals surface area contributed by atoms with Gasteiger partial charge in [0.2, 0.25) is 5.89 Å². The van der Waals surface area contributed by atoms with Crippen LogP contribution in [0.1, 0.15) is 22.1 Å². The Morgan fingerprint density at radius 1 is 1.21 bits per heavy atom. The second-order valence-corrected chi connectivity index (χ2v) is 6.02. The smallest absolute Gasteiger partial charge is 0.292 e. The first kappa shape index (κ1) is 20.0. The molecule has 1 heterocycles. The molecular weight excluding hydrogens is 378 g/mol. The number of ether oxygens (including phenoxy) is 1. The summed E-state index contributed by atoms with van der Waals surface area (Å²) in [4.78, 5) is 27.1. The lowest BCUT2D eigenvalue weighted by atomic mass is 10.2. The van der Waals surface area contributed by atoms with Crippen LogP contribution < -0.4 is 10.6 Å². The van der Waals surface area contributed by atoms with Crippen LogP contribution in [0.3, 0.4) is 0 Å². The Hall–Kier alpha value is -3.79. The Kier molecular flexibility index (Phi) is 6.48. The molecule has 1 unspecified atom stereocenters. The van der Waals surface area contributed by atoms with Crippen LogP contribution in [0.25, 0.3) is 0 Å². The lowest BCUT2D eigenvalue weighted by Crippen LogP contribution is -2.38. The topological polar surface area (TPSA) is 132 Å². The normalized spacial score (nSPS) is 11.6. The van der Waals surface area contributed by atoms with E-state index in [-0.39, 0.29) is 30.4 Å². The van der Waals surface area contributed by atoms with E-state index in [0.717, 1.165) is 0 Å². The van der Waals surface area contributed by atoms with Crippen molar-refractivity contribution >= 4 is 17.3 Å². The van der Waals surface area contributed by atoms with E-state index in [1.54, 1.807) is 49.4 Å². The van der Waals surface area contributed by atoms with Crippen LogP contribution in [-0.4, -0.2) is 33.7 Å². The molecule has 0 radical (unpaired) electrons. The fourth-order valence-corrected chi connectivity index (χ4v) is 2.53. The highest BCUT2D eigenvalue weighted by Gasteiger charge is 2.19. The van der Waals surface area contributed by atoms with Crippen LogP contribution in [0.15, 0.2) is 59.1 Å². The lowest BCUT2D eigenvalue weighted by Gasteiger charge is -2.20. The van der Waals surface area contributed by atoms with Crippen LogP contribution in [0, 0.1) is 17.0 Å². The summed E-state index contributed by atoms with van der Waals surface area (Å²) < 4.78 is 10.6. The summed E-state index contributed by atoms with van der Waals surface area (Å²) in [6, 6.07) is 14.9. The summed E-state index contributed by atoms with van der Waals surface area (Å²) >= 11 is 0. The molecule has 0 saturated carbocycles. The summed E-state index contributed by atoms with van der Waals surface area (Å²) in [5, 5.41) is 20.7. The summed E-state index contributed by atoms with van der Waals surface area (Å²) in [6.45, 7) is 1.70. The number of anilines is 1. The molecule has 3 aromatic rings. The highest BCUT2D eigenvalue weighted by Crippen LogP contribution is 2.24. The van der Waals surface area contributed by atoms with Gasteiger partial charge in [-0.05, 0) is 18.2 Å². The number of hydrogen-bond acceptors (Lipinski definition) is 8. The predicted octanol–water partition coefficient (Wildman–Crippen LogP) is 2.67. The van der Waals surface area contributed by atoms with E-state index in [1.165, 1.54) is 6.07 Å². The van der Waals surface area contributed by atoms with Gasteiger partial charge in [0.1, 0.15) is 18.5 Å². The molecule has 10 heteroatoms. The third-order valence-electron chi connectivity index (χ3n) is 3.88. The molecule has 10 nitrogen and oxygen atoms in total. The number of carbonyl (C=O) groups is 1. The summed E-state index contributed by atoms with van der Waals surface area (Å²) in [5.41, 5.74) is 0.650. The van der Waals surface area contributed by atoms with Crippen LogP contribution in [0.5, 0.6) is 0 Å². The van der Waals surface area contributed by atoms with E-state index in [9.17, 15) is 14.9 Å². The minimum Gasteiger partial charge on any atom is -0.353 e. The molecule has 29 heavy (non-hydrogen) atoms. The van der Waals surface area contributed by atoms with E-state index >= 15 is 0 Å². The maximum Gasteiger partial charge on any atom is 0.292 e. The number of benzene rings is 2. The predicted molar refractivity (Wildman–Crippen MR) is 103 cm³/mol. The number of aromatic nitrogens is 2. The number of nitro groups is 1. The number of para-hydroxylation sites is 2. The maximum absolute atomic E-state index is 12.3. The zero-order chi connectivity index (χ0) is 20.6. The van der Waals surface area contributed by atoms with Crippen LogP contribution in [-0.2, 0) is 11.3 Å². The quantitative estimate of drug-likeness (QED) is 0.320. The van der Waals surface area contributed by atoms with Gasteiger partial charge in [-0.3, -0.25) is 14.9 Å². The van der Waals surface area contributed by atoms with Crippen LogP contribution in [0.4, 0.5) is 11.4 Å². The van der Waals surface area contributed by atoms with Crippen molar-refractivity contribution in [3.05, 3.63) is 82.0 Å². The molecule has 150 valence electrons. The Labute approximate surface area is 166 Å². The summed E-state index contributed by atoms with van der Waals surface area (Å²) in [5.74, 6) is 0.425. The molecular formula is C19H19N5O5. The Morgan fingerprint density at radius 3 is 2.62 bits per heavy atom. The van der Waals surface area contributed by atoms with Crippen molar-refractivity contribution in [1.29, 1.82) is 0 Å². The number of aryl methyl sites for hydroxylation is 1. The van der Waals surface area contributed by atoms with Gasteiger partial charge in [0.25, 0.3) is 11.6 Å². The molecule has 0 aliphatic rings. The molecule has 0 aliphatic carbocycles. The van der Waals surface area contributed by atoms with E-state index < -0.39 is 11.2 Å². The molecule has 3 rings (SSSR count). The minimum absolute atomic E-state index is 0.00313. The van der Waals surface area contributed by atoms with E-state index in [2.05, 4.69) is 20.8 Å². The Bertz CT molecular complexity index is 976. The lowest BCUT2D eigenvalue weighted by molar-refractivity contribution is -0.384. The van der Waals surface area contributed by atoms with Gasteiger partial charge >= 0.3 is 0 Å². The van der Waals surface area contributed by atoms with Gasteiger partial charge < -0.3 is 19.9 Å². The third-order valence-corrected chi connectivity index (χ3v) is 3.88. The molecule has 0 fully saturated rings. The van der Waals surface area contributed by atoms with Crippen molar-refractivity contribution in [2.24, 2.45) is 0 Å². The first-order valence-corrected chi connectivity index (χ1v) is 8.77. The monoisotopic (exact) mass is 397 g/mol. The number of nitrogens with one attached hydrogen (secondary N) is 2. The van der Waals surface area contributed by atoms with Gasteiger partial charge in [0, 0.05) is 18.6 Å². The molecule has 1 amide bonds. The van der Waals surface area contributed by atoms with Crippen molar-refractivity contribution in [1.82, 2.24) is 15.5 Å². The number of hydrogen-bond donors (Lipinski definition) is 2. The molecule has 1 atom stereocenters. The number of rotatable bonds is 9. The van der Waals surface area contributed by atoms with Gasteiger partial charge in [-0.15, -0.1) is 0 Å². The first-order valence-electron chi connectivity index (χ1n) is 8.77. The molecule has 0 saturated heterocycles. The highest BCUT2D eigenvalue weighted by atomic mass is 16.6. The Morgan fingerprint density at radius 2 is 1.93 bits per heavy atom. The largest absolute Gasteiger partial charge is 0.353 e. The molecule has 2 N–H and O–H groups in total. The molecule has 0 aliphatic heterocycles. The van der Waals surface area contributed by atoms with Gasteiger partial charge in [0.15, 0.2) is 5.82 Å². The van der Waals surface area contributed by atoms with Crippen molar-refractivity contribution in [2.45, 2.75) is 19.8 Å². The van der Waals surface area contributed by atoms with E-state index in [1.807, 2.05) is 6.07 Å². The van der Waals surface area contributed by atoms with Gasteiger partial charge in [-0.2, -0.15) is 4.98 Å². The maximum atomic E-state index is 12.3. The Balaban J connectivity index is 1.70. The summed E-state index contributed by atoms with van der Waals surface area (Å²) in [7, 11) is 0. The number of nitro benzene ring substituents is 1. The van der Waals surface area contributed by atoms with Crippen molar-refractivity contribution in [3.63, 3.8) is 0 Å². The van der Waals surface area contributed by atoms with Crippen LogP contribution >= 0.6 is 0 Å². The van der Waals surface area contributed by atoms with Gasteiger partial charge in [-0.25, -0.2) is 0 Å². The number of carbonyl (C=O) groups excluding carboxylic acids is 1. The fourth-order valence-electron chi connectivity index (χ4n) is 2.53. The highest BCUT2D eigenvalue weighted by molar-refractivity contribution is 5.94. The average molecular weight is 397 g/mol. The minimum atomic E-state index is -0.775. The fraction of sp³-hybridized carbons (Fsp3) is 0.211. The number of amides is 1. The average Bonchev–Trinajstić information content (AvgIpc) is 3.15. The molecule has 0 spiro atoms. The zero-order valence-electron chi connectivity index (χ0n) is 15.6. The van der Waals surface area contributed by atoms with E-state index in [0.29, 0.717) is 17.3 Å². The van der Waals surface area contributed by atoms with Gasteiger partial charge in [-0.1, -0.05) is 35.5 Å². The van der Waals surface area contributed by atoms with Gasteiger partial charge in [0.05, 0.1) is 11.5 Å². The molecule has 1 aromatic heterocycles. The van der Waals surface area contributed by atoms with E-state index in [4.69, 9.17) is 9.26 Å². The van der Waals surface area contributed by atoms with Crippen molar-refractivity contribution in [3.8, 4) is 0 Å². The number of nitrogens with zero attached hydrogens (tertiary/aromatic N) is 3. The van der Waals surface area contributed by atoms with Crippen LogP contribution in [0.2, 0.25) is 0 Å². The second-order valence-electron chi connectivity index (χ2n) is 6.02. The second kappa shape index (κ2) is 9.42. The van der Waals surface area contributed by atoms with Crippen molar-refractivity contribution in [2.75, 3.05) is 11.9 Å². The first-order chi connectivity index (χ1) is 14.0. The summed E-state index contributed by atoms with van der Waals surface area (Å²) in [6.07, 6.45) is -0.775. The molecule has 0 bridgehead atoms.